The molecule has 1 aromatic carbocycles. The largest absolute Gasteiger partial charge is 0.445 e. The fraction of sp³-hybridized carbons (Fsp3) is 0.238. The van der Waals surface area contributed by atoms with E-state index in [1.165, 1.54) is 10.9 Å². The lowest BCUT2D eigenvalue weighted by Crippen LogP contribution is -2.19. The molecule has 0 spiro atoms. The predicted molar refractivity (Wildman–Crippen MR) is 105 cm³/mol. The Hall–Kier alpha value is -3.48. The van der Waals surface area contributed by atoms with Crippen LogP contribution in [0.15, 0.2) is 53.4 Å². The van der Waals surface area contributed by atoms with Crippen LogP contribution >= 0.6 is 0 Å². The normalized spacial score (nSPS) is 14.9. The van der Waals surface area contributed by atoms with E-state index in [0.717, 1.165) is 24.0 Å². The summed E-state index contributed by atoms with van der Waals surface area (Å²) in [6.07, 6.45) is 6.98. The van der Waals surface area contributed by atoms with Gasteiger partial charge >= 0.3 is 0 Å². The van der Waals surface area contributed by atoms with E-state index in [2.05, 4.69) is 27.3 Å². The average molecular weight is 373 g/mol. The number of rotatable bonds is 4. The fourth-order valence-corrected chi connectivity index (χ4v) is 3.23. The Morgan fingerprint density at radius 3 is 2.71 bits per heavy atom. The molecule has 0 radical (unpaired) electrons. The number of nitrogens with zero attached hydrogens (tertiary/aromatic N) is 4. The highest BCUT2D eigenvalue weighted by Gasteiger charge is 2.38. The van der Waals surface area contributed by atoms with Gasteiger partial charge in [-0.05, 0) is 32.3 Å². The molecule has 7 nitrogen and oxygen atoms in total. The lowest BCUT2D eigenvalue weighted by atomic mass is 10.1. The molecule has 0 amide bonds. The van der Waals surface area contributed by atoms with E-state index < -0.39 is 0 Å². The maximum atomic E-state index is 13.1. The first-order valence-corrected chi connectivity index (χ1v) is 9.21. The molecule has 0 saturated heterocycles. The Kier molecular flexibility index (Phi) is 3.58. The van der Waals surface area contributed by atoms with Crippen LogP contribution in [0.25, 0.3) is 22.2 Å². The number of hydrogen-bond acceptors (Lipinski definition) is 6. The zero-order valence-electron chi connectivity index (χ0n) is 15.6. The van der Waals surface area contributed by atoms with E-state index in [4.69, 9.17) is 4.42 Å². The molecular formula is C21H19N5O2. The number of aromatic nitrogens is 4. The number of fused-ring (bicyclic) bond motifs is 1. The van der Waals surface area contributed by atoms with Gasteiger partial charge in [0.15, 0.2) is 0 Å². The number of hydrogen-bond donors (Lipinski definition) is 1. The van der Waals surface area contributed by atoms with Gasteiger partial charge in [-0.25, -0.2) is 9.67 Å². The molecule has 7 heteroatoms. The SMILES string of the molecule is Cc1nc(NC2(C)CC2)c2c(C(=O)n3cc(-c4ccccc4)cn3)coc2n1. The smallest absolute Gasteiger partial charge is 0.282 e. The Balaban J connectivity index is 1.56. The summed E-state index contributed by atoms with van der Waals surface area (Å²) in [7, 11) is 0. The zero-order chi connectivity index (χ0) is 19.3. The number of nitrogens with one attached hydrogen (secondary N) is 1. The molecule has 5 rings (SSSR count). The molecule has 28 heavy (non-hydrogen) atoms. The van der Waals surface area contributed by atoms with Crippen LogP contribution in [-0.2, 0) is 0 Å². The molecule has 0 bridgehead atoms. The van der Waals surface area contributed by atoms with Crippen molar-refractivity contribution >= 4 is 22.8 Å². The van der Waals surface area contributed by atoms with Gasteiger partial charge in [0.05, 0.1) is 17.1 Å². The summed E-state index contributed by atoms with van der Waals surface area (Å²) in [6, 6.07) is 9.82. The number of aryl methyl sites for hydroxylation is 1. The molecule has 0 atom stereocenters. The van der Waals surface area contributed by atoms with E-state index in [9.17, 15) is 4.79 Å². The predicted octanol–water partition coefficient (Wildman–Crippen LogP) is 4.05. The van der Waals surface area contributed by atoms with Gasteiger partial charge in [-0.2, -0.15) is 10.1 Å². The van der Waals surface area contributed by atoms with Gasteiger partial charge in [-0.15, -0.1) is 0 Å². The van der Waals surface area contributed by atoms with Gasteiger partial charge in [0.25, 0.3) is 5.91 Å². The highest BCUT2D eigenvalue weighted by Crippen LogP contribution is 2.40. The Morgan fingerprint density at radius 1 is 1.18 bits per heavy atom. The van der Waals surface area contributed by atoms with Gasteiger partial charge in [0, 0.05) is 17.3 Å². The minimum absolute atomic E-state index is 0.0114. The second-order valence-corrected chi connectivity index (χ2v) is 7.48. The molecule has 1 N–H and O–H groups in total. The third-order valence-corrected chi connectivity index (χ3v) is 5.09. The molecule has 3 heterocycles. The van der Waals surface area contributed by atoms with Crippen LogP contribution in [0.2, 0.25) is 0 Å². The molecule has 3 aromatic heterocycles. The van der Waals surface area contributed by atoms with Crippen molar-refractivity contribution in [2.24, 2.45) is 0 Å². The Morgan fingerprint density at radius 2 is 1.96 bits per heavy atom. The van der Waals surface area contributed by atoms with Crippen molar-refractivity contribution in [2.45, 2.75) is 32.2 Å². The minimum atomic E-state index is -0.280. The number of carbonyl (C=O) groups excluding carboxylic acids is 1. The minimum Gasteiger partial charge on any atom is -0.445 e. The van der Waals surface area contributed by atoms with Crippen LogP contribution in [0, 0.1) is 6.92 Å². The van der Waals surface area contributed by atoms with E-state index in [0.29, 0.717) is 28.3 Å². The summed E-state index contributed by atoms with van der Waals surface area (Å²) >= 11 is 0. The van der Waals surface area contributed by atoms with Crippen LogP contribution in [-0.4, -0.2) is 31.2 Å². The van der Waals surface area contributed by atoms with Crippen molar-refractivity contribution in [3.63, 3.8) is 0 Å². The molecule has 1 fully saturated rings. The second kappa shape index (κ2) is 6.02. The summed E-state index contributed by atoms with van der Waals surface area (Å²) in [4.78, 5) is 22.0. The molecule has 1 saturated carbocycles. The number of furan rings is 1. The second-order valence-electron chi connectivity index (χ2n) is 7.48. The van der Waals surface area contributed by atoms with Gasteiger partial charge in [-0.1, -0.05) is 30.3 Å². The van der Waals surface area contributed by atoms with Crippen LogP contribution in [0.4, 0.5) is 5.82 Å². The molecule has 140 valence electrons. The van der Waals surface area contributed by atoms with E-state index in [1.54, 1.807) is 12.4 Å². The van der Waals surface area contributed by atoms with Crippen LogP contribution in [0.1, 0.15) is 35.9 Å². The lowest BCUT2D eigenvalue weighted by molar-refractivity contribution is 0.0946. The fourth-order valence-electron chi connectivity index (χ4n) is 3.23. The van der Waals surface area contributed by atoms with Crippen LogP contribution < -0.4 is 5.32 Å². The Labute approximate surface area is 161 Å². The molecule has 4 aromatic rings. The first-order valence-electron chi connectivity index (χ1n) is 9.21. The number of benzene rings is 1. The number of anilines is 1. The summed E-state index contributed by atoms with van der Waals surface area (Å²) < 4.78 is 6.91. The summed E-state index contributed by atoms with van der Waals surface area (Å²) in [5, 5.41) is 8.30. The van der Waals surface area contributed by atoms with Crippen molar-refractivity contribution in [1.82, 2.24) is 19.7 Å². The molecule has 1 aliphatic carbocycles. The van der Waals surface area contributed by atoms with Gasteiger partial charge in [0.1, 0.15) is 17.9 Å². The standard InChI is InChI=1S/C21H19N5O2/c1-13-23-18(25-21(2)8-9-21)17-16(12-28-19(17)24-13)20(27)26-11-15(10-22-26)14-6-4-3-5-7-14/h3-7,10-12H,8-9H2,1-2H3,(H,23,24,25). The van der Waals surface area contributed by atoms with Crippen molar-refractivity contribution in [2.75, 3.05) is 5.32 Å². The summed E-state index contributed by atoms with van der Waals surface area (Å²) in [5.74, 6) is 0.950. The third-order valence-electron chi connectivity index (χ3n) is 5.09. The Bertz CT molecular complexity index is 1190. The third kappa shape index (κ3) is 2.85. The zero-order valence-corrected chi connectivity index (χ0v) is 15.6. The summed E-state index contributed by atoms with van der Waals surface area (Å²) in [6.45, 7) is 3.95. The van der Waals surface area contributed by atoms with E-state index >= 15 is 0 Å². The monoisotopic (exact) mass is 373 g/mol. The van der Waals surface area contributed by atoms with Crippen molar-refractivity contribution < 1.29 is 9.21 Å². The van der Waals surface area contributed by atoms with Gasteiger partial charge < -0.3 is 9.73 Å². The van der Waals surface area contributed by atoms with E-state index in [1.807, 2.05) is 37.3 Å². The highest BCUT2D eigenvalue weighted by atomic mass is 16.3. The van der Waals surface area contributed by atoms with Crippen LogP contribution in [0.3, 0.4) is 0 Å². The highest BCUT2D eigenvalue weighted by molar-refractivity contribution is 6.09. The lowest BCUT2D eigenvalue weighted by Gasteiger charge is -2.13. The molecular weight excluding hydrogens is 354 g/mol. The number of carbonyl (C=O) groups is 1. The van der Waals surface area contributed by atoms with Gasteiger partial charge in [-0.3, -0.25) is 4.79 Å². The van der Waals surface area contributed by atoms with Crippen LogP contribution in [0.5, 0.6) is 0 Å². The molecule has 1 aliphatic rings. The molecule has 0 aliphatic heterocycles. The first-order chi connectivity index (χ1) is 13.5. The topological polar surface area (TPSA) is 85.8 Å². The quantitative estimate of drug-likeness (QED) is 0.581. The molecule has 0 unspecified atom stereocenters. The maximum absolute atomic E-state index is 13.1. The summed E-state index contributed by atoms with van der Waals surface area (Å²) in [5.41, 5.74) is 2.68. The first kappa shape index (κ1) is 16.7. The average Bonchev–Trinajstić information content (AvgIpc) is 3.11. The maximum Gasteiger partial charge on any atom is 0.282 e. The van der Waals surface area contributed by atoms with Crippen molar-refractivity contribution in [3.8, 4) is 11.1 Å². The van der Waals surface area contributed by atoms with E-state index in [-0.39, 0.29) is 11.4 Å². The van der Waals surface area contributed by atoms with Crippen molar-refractivity contribution in [3.05, 3.63) is 60.4 Å². The van der Waals surface area contributed by atoms with Gasteiger partial charge in [0.2, 0.25) is 5.71 Å². The van der Waals surface area contributed by atoms with Crippen molar-refractivity contribution in [1.29, 1.82) is 0 Å².